The zero-order valence-corrected chi connectivity index (χ0v) is 10.9. The molecule has 0 spiro atoms. The van der Waals surface area contributed by atoms with Crippen LogP contribution in [0.4, 0.5) is 4.39 Å². The number of rotatable bonds is 0. The predicted molar refractivity (Wildman–Crippen MR) is 67.2 cm³/mol. The molecule has 1 aromatic heterocycles. The molecule has 2 rings (SSSR count). The number of thiophene rings is 1. The third kappa shape index (κ3) is 1.37. The summed E-state index contributed by atoms with van der Waals surface area (Å²) in [6, 6.07) is 3.96. The fourth-order valence-electron chi connectivity index (χ4n) is 1.02. The minimum absolute atomic E-state index is 0.0764. The molecule has 0 atom stereocenters. The van der Waals surface area contributed by atoms with E-state index in [0.29, 0.717) is 0 Å². The first-order valence-electron chi connectivity index (χ1n) is 3.21. The first-order valence-corrected chi connectivity index (χ1v) is 6.24. The van der Waals surface area contributed by atoms with Gasteiger partial charge in [0, 0.05) is 3.57 Å². The van der Waals surface area contributed by atoms with Gasteiger partial charge in [0.2, 0.25) is 0 Å². The molecular formula is C8H3FI2S. The lowest BCUT2D eigenvalue weighted by Gasteiger charge is -1.98. The fraction of sp³-hybridized carbons (Fsp3) is 0. The topological polar surface area (TPSA) is 0 Å². The molecule has 0 aliphatic carbocycles. The summed E-state index contributed by atoms with van der Waals surface area (Å²) in [5, 5.41) is 2.92. The zero-order chi connectivity index (χ0) is 8.72. The summed E-state index contributed by atoms with van der Waals surface area (Å²) in [6.45, 7) is 0. The Balaban J connectivity index is 2.94. The monoisotopic (exact) mass is 404 g/mol. The van der Waals surface area contributed by atoms with Gasteiger partial charge in [-0.2, -0.15) is 0 Å². The first-order chi connectivity index (χ1) is 5.70. The Hall–Kier alpha value is 0.570. The quantitative estimate of drug-likeness (QED) is 0.455. The Morgan fingerprint density at radius 3 is 2.83 bits per heavy atom. The standard InChI is InChI=1S/C8H3FI2S/c9-6-7(11)5(10)3-4-1-2-12-8(4)6/h1-3H. The van der Waals surface area contributed by atoms with E-state index < -0.39 is 0 Å². The smallest absolute Gasteiger partial charge is 0.155 e. The summed E-state index contributed by atoms with van der Waals surface area (Å²) in [5.41, 5.74) is 0. The fourth-order valence-corrected chi connectivity index (χ4v) is 3.02. The molecule has 0 amide bonds. The molecule has 4 heteroatoms. The van der Waals surface area contributed by atoms with Gasteiger partial charge in [-0.05, 0) is 68.1 Å². The molecular weight excluding hydrogens is 401 g/mol. The van der Waals surface area contributed by atoms with Crippen LogP contribution in [0.1, 0.15) is 0 Å². The predicted octanol–water partition coefficient (Wildman–Crippen LogP) is 4.25. The molecule has 2 aromatic rings. The molecule has 0 N–H and O–H groups in total. The minimum Gasteiger partial charge on any atom is -0.204 e. The molecule has 0 aliphatic heterocycles. The maximum Gasteiger partial charge on any atom is 0.155 e. The highest BCUT2D eigenvalue weighted by molar-refractivity contribution is 14.1. The number of fused-ring (bicyclic) bond motifs is 1. The van der Waals surface area contributed by atoms with Crippen molar-refractivity contribution >= 4 is 66.6 Å². The average molecular weight is 404 g/mol. The van der Waals surface area contributed by atoms with Crippen LogP contribution in [0.5, 0.6) is 0 Å². The molecule has 0 unspecified atom stereocenters. The molecule has 1 heterocycles. The Morgan fingerprint density at radius 1 is 1.33 bits per heavy atom. The van der Waals surface area contributed by atoms with Crippen molar-refractivity contribution in [2.45, 2.75) is 0 Å². The summed E-state index contributed by atoms with van der Waals surface area (Å²) in [4.78, 5) is 0. The van der Waals surface area contributed by atoms with Crippen molar-refractivity contribution in [3.63, 3.8) is 0 Å². The van der Waals surface area contributed by atoms with E-state index in [9.17, 15) is 4.39 Å². The Labute approximate surface area is 100 Å². The molecule has 0 saturated heterocycles. The van der Waals surface area contributed by atoms with E-state index in [0.717, 1.165) is 17.2 Å². The second-order valence-electron chi connectivity index (χ2n) is 2.33. The third-order valence-corrected chi connectivity index (χ3v) is 5.44. The van der Waals surface area contributed by atoms with Crippen LogP contribution in [-0.4, -0.2) is 0 Å². The second kappa shape index (κ2) is 3.38. The third-order valence-electron chi connectivity index (χ3n) is 1.58. The van der Waals surface area contributed by atoms with Crippen LogP contribution < -0.4 is 0 Å². The van der Waals surface area contributed by atoms with Gasteiger partial charge in [0.05, 0.1) is 8.27 Å². The van der Waals surface area contributed by atoms with Crippen molar-refractivity contribution in [1.29, 1.82) is 0 Å². The van der Waals surface area contributed by atoms with Crippen molar-refractivity contribution in [2.75, 3.05) is 0 Å². The molecule has 0 radical (unpaired) electrons. The van der Waals surface area contributed by atoms with Gasteiger partial charge in [-0.15, -0.1) is 11.3 Å². The highest BCUT2D eigenvalue weighted by Gasteiger charge is 2.09. The lowest BCUT2D eigenvalue weighted by atomic mass is 10.3. The Morgan fingerprint density at radius 2 is 2.08 bits per heavy atom. The van der Waals surface area contributed by atoms with Gasteiger partial charge in [-0.25, -0.2) is 4.39 Å². The van der Waals surface area contributed by atoms with E-state index >= 15 is 0 Å². The van der Waals surface area contributed by atoms with Gasteiger partial charge in [0.15, 0.2) is 5.82 Å². The van der Waals surface area contributed by atoms with Crippen LogP contribution in [0.3, 0.4) is 0 Å². The first kappa shape index (κ1) is 9.14. The van der Waals surface area contributed by atoms with Crippen molar-refractivity contribution in [2.24, 2.45) is 0 Å². The van der Waals surface area contributed by atoms with E-state index in [1.807, 2.05) is 40.1 Å². The van der Waals surface area contributed by atoms with E-state index in [1.165, 1.54) is 11.3 Å². The van der Waals surface area contributed by atoms with Gasteiger partial charge in [0.25, 0.3) is 0 Å². The molecule has 0 fully saturated rings. The summed E-state index contributed by atoms with van der Waals surface area (Å²) in [6.07, 6.45) is 0. The van der Waals surface area contributed by atoms with E-state index in [4.69, 9.17) is 0 Å². The molecule has 0 bridgehead atoms. The zero-order valence-electron chi connectivity index (χ0n) is 5.77. The second-order valence-corrected chi connectivity index (χ2v) is 5.48. The van der Waals surface area contributed by atoms with Crippen LogP contribution >= 0.6 is 56.5 Å². The highest BCUT2D eigenvalue weighted by Crippen LogP contribution is 2.30. The number of hydrogen-bond donors (Lipinski definition) is 0. The maximum atomic E-state index is 13.5. The van der Waals surface area contributed by atoms with Crippen molar-refractivity contribution in [3.05, 3.63) is 30.5 Å². The lowest BCUT2D eigenvalue weighted by Crippen LogP contribution is -1.85. The van der Waals surface area contributed by atoms with Crippen LogP contribution in [-0.2, 0) is 0 Å². The van der Waals surface area contributed by atoms with Gasteiger partial charge in [-0.1, -0.05) is 0 Å². The summed E-state index contributed by atoms with van der Waals surface area (Å²) >= 11 is 5.65. The normalized spacial score (nSPS) is 10.9. The molecule has 1 aromatic carbocycles. The molecule has 0 aliphatic rings. The van der Waals surface area contributed by atoms with Crippen LogP contribution in [0.25, 0.3) is 10.1 Å². The van der Waals surface area contributed by atoms with Gasteiger partial charge in [-0.3, -0.25) is 0 Å². The number of benzene rings is 1. The van der Waals surface area contributed by atoms with Crippen LogP contribution in [0, 0.1) is 13.0 Å². The van der Waals surface area contributed by atoms with Crippen molar-refractivity contribution in [1.82, 2.24) is 0 Å². The lowest BCUT2D eigenvalue weighted by molar-refractivity contribution is 0.633. The largest absolute Gasteiger partial charge is 0.204 e. The van der Waals surface area contributed by atoms with E-state index in [-0.39, 0.29) is 5.82 Å². The maximum absolute atomic E-state index is 13.5. The number of hydrogen-bond acceptors (Lipinski definition) is 1. The van der Waals surface area contributed by atoms with Crippen molar-refractivity contribution < 1.29 is 4.39 Å². The summed E-state index contributed by atoms with van der Waals surface area (Å²) in [5.74, 6) is -0.0764. The summed E-state index contributed by atoms with van der Waals surface area (Å²) < 4.78 is 16.0. The molecule has 12 heavy (non-hydrogen) atoms. The van der Waals surface area contributed by atoms with Gasteiger partial charge in [0.1, 0.15) is 0 Å². The Bertz CT molecular complexity index is 436. The Kier molecular flexibility index (Phi) is 2.57. The molecule has 0 saturated carbocycles. The van der Waals surface area contributed by atoms with Crippen LogP contribution in [0.15, 0.2) is 17.5 Å². The SMILES string of the molecule is Fc1c(I)c(I)cc2ccsc12. The molecule has 62 valence electrons. The van der Waals surface area contributed by atoms with Gasteiger partial charge >= 0.3 is 0 Å². The molecule has 0 nitrogen and oxygen atoms in total. The number of halogens is 3. The van der Waals surface area contributed by atoms with Crippen molar-refractivity contribution in [3.8, 4) is 0 Å². The minimum atomic E-state index is -0.0764. The van der Waals surface area contributed by atoms with Crippen LogP contribution in [0.2, 0.25) is 0 Å². The average Bonchev–Trinajstić information content (AvgIpc) is 2.48. The highest BCUT2D eigenvalue weighted by atomic mass is 127. The van der Waals surface area contributed by atoms with E-state index in [1.54, 1.807) is 0 Å². The van der Waals surface area contributed by atoms with Gasteiger partial charge < -0.3 is 0 Å². The summed E-state index contributed by atoms with van der Waals surface area (Å²) in [7, 11) is 0. The van der Waals surface area contributed by atoms with E-state index in [2.05, 4.69) is 22.6 Å².